The van der Waals surface area contributed by atoms with Crippen molar-refractivity contribution in [1.82, 2.24) is 10.6 Å². The molecule has 1 atom stereocenters. The topological polar surface area (TPSA) is 78.4 Å². The number of hydrogen-bond acceptors (Lipinski definition) is 3. The first-order valence-electron chi connectivity index (χ1n) is 12.3. The fourth-order valence-corrected chi connectivity index (χ4v) is 4.20. The number of carbonyl (C=O) groups is 2. The molecule has 0 aromatic heterocycles. The van der Waals surface area contributed by atoms with E-state index in [-0.39, 0.29) is 5.41 Å². The van der Waals surface area contributed by atoms with Crippen molar-refractivity contribution in [1.29, 1.82) is 0 Å². The van der Waals surface area contributed by atoms with E-state index in [0.29, 0.717) is 6.54 Å². The highest BCUT2D eigenvalue weighted by molar-refractivity contribution is 5.93. The summed E-state index contributed by atoms with van der Waals surface area (Å²) < 4.78 is 0. The summed E-state index contributed by atoms with van der Waals surface area (Å²) in [6.07, 6.45) is 15.2. The number of aliphatic hydroxyl groups excluding tert-OH is 1. The molecule has 0 saturated carbocycles. The number of nitrogens with one attached hydrogen (secondary N) is 2. The Balaban J connectivity index is 1.90. The molecule has 0 fully saturated rings. The van der Waals surface area contributed by atoms with Crippen LogP contribution in [0.25, 0.3) is 0 Å². The lowest BCUT2D eigenvalue weighted by molar-refractivity contribution is -0.128. The normalized spacial score (nSPS) is 17.7. The van der Waals surface area contributed by atoms with Gasteiger partial charge >= 0.3 is 0 Å². The lowest BCUT2D eigenvalue weighted by Gasteiger charge is -2.32. The van der Waals surface area contributed by atoms with Gasteiger partial charge in [-0.25, -0.2) is 0 Å². The third-order valence-corrected chi connectivity index (χ3v) is 6.26. The molecule has 35 heavy (non-hydrogen) atoms. The molecule has 2 amide bonds. The summed E-state index contributed by atoms with van der Waals surface area (Å²) in [4.78, 5) is 24.6. The van der Waals surface area contributed by atoms with Gasteiger partial charge in [0, 0.05) is 12.6 Å². The highest BCUT2D eigenvalue weighted by Gasteiger charge is 2.26. The van der Waals surface area contributed by atoms with Crippen molar-refractivity contribution in [2.75, 3.05) is 6.61 Å². The zero-order valence-corrected chi connectivity index (χ0v) is 21.7. The molecule has 188 valence electrons. The third-order valence-electron chi connectivity index (χ3n) is 6.26. The second kappa shape index (κ2) is 13.6. The van der Waals surface area contributed by atoms with Crippen molar-refractivity contribution in [3.8, 4) is 0 Å². The average Bonchev–Trinajstić information content (AvgIpc) is 2.80. The first kappa shape index (κ1) is 28.1. The van der Waals surface area contributed by atoms with Gasteiger partial charge in [0.05, 0.1) is 6.61 Å². The minimum Gasteiger partial charge on any atom is -0.394 e. The summed E-state index contributed by atoms with van der Waals surface area (Å²) in [5.74, 6) is -0.855. The molecule has 0 saturated heterocycles. The zero-order chi connectivity index (χ0) is 25.8. The van der Waals surface area contributed by atoms with Crippen LogP contribution in [0, 0.1) is 5.41 Å². The fraction of sp³-hybridized carbons (Fsp3) is 0.400. The zero-order valence-electron chi connectivity index (χ0n) is 21.7. The van der Waals surface area contributed by atoms with E-state index in [9.17, 15) is 14.7 Å². The first-order valence-corrected chi connectivity index (χ1v) is 12.3. The Hall–Kier alpha value is -3.18. The van der Waals surface area contributed by atoms with E-state index in [1.807, 2.05) is 55.5 Å². The molecule has 1 aliphatic carbocycles. The number of carbonyl (C=O) groups excluding carboxylic acids is 2. The molecule has 2 rings (SSSR count). The van der Waals surface area contributed by atoms with Crippen LogP contribution in [-0.4, -0.2) is 29.6 Å². The Kier molecular flexibility index (Phi) is 10.9. The molecule has 5 nitrogen and oxygen atoms in total. The molecule has 0 bridgehead atoms. The van der Waals surface area contributed by atoms with Crippen LogP contribution in [0.5, 0.6) is 0 Å². The van der Waals surface area contributed by atoms with E-state index < -0.39 is 24.5 Å². The van der Waals surface area contributed by atoms with Crippen LogP contribution in [0.3, 0.4) is 0 Å². The number of aliphatic hydroxyl groups is 1. The van der Waals surface area contributed by atoms with Crippen molar-refractivity contribution < 1.29 is 14.7 Å². The maximum absolute atomic E-state index is 12.3. The molecule has 1 aliphatic rings. The monoisotopic (exact) mass is 476 g/mol. The Bertz CT molecular complexity index is 1030. The maximum Gasteiger partial charge on any atom is 0.245 e. The van der Waals surface area contributed by atoms with Gasteiger partial charge in [0.1, 0.15) is 6.04 Å². The van der Waals surface area contributed by atoms with Crippen LogP contribution in [0.1, 0.15) is 59.4 Å². The quantitative estimate of drug-likeness (QED) is 0.316. The fourth-order valence-electron chi connectivity index (χ4n) is 4.20. The van der Waals surface area contributed by atoms with Crippen molar-refractivity contribution >= 4 is 11.8 Å². The van der Waals surface area contributed by atoms with Crippen LogP contribution >= 0.6 is 0 Å². The maximum atomic E-state index is 12.3. The molecule has 1 aromatic carbocycles. The Labute approximate surface area is 210 Å². The molecule has 0 aliphatic heterocycles. The summed E-state index contributed by atoms with van der Waals surface area (Å²) >= 11 is 0. The second-order valence-corrected chi connectivity index (χ2v) is 9.87. The van der Waals surface area contributed by atoms with Gasteiger partial charge in [-0.1, -0.05) is 85.7 Å². The Morgan fingerprint density at radius 2 is 1.83 bits per heavy atom. The van der Waals surface area contributed by atoms with Crippen molar-refractivity contribution in [2.24, 2.45) is 5.41 Å². The summed E-state index contributed by atoms with van der Waals surface area (Å²) in [7, 11) is 0. The lowest BCUT2D eigenvalue weighted by atomic mass is 9.72. The summed E-state index contributed by atoms with van der Waals surface area (Å²) in [6.45, 7) is 10.6. The summed E-state index contributed by atoms with van der Waals surface area (Å²) in [5, 5.41) is 14.8. The first-order chi connectivity index (χ1) is 16.6. The van der Waals surface area contributed by atoms with Gasteiger partial charge in [-0.3, -0.25) is 9.59 Å². The largest absolute Gasteiger partial charge is 0.394 e. The van der Waals surface area contributed by atoms with Crippen LogP contribution in [0.15, 0.2) is 89.1 Å². The van der Waals surface area contributed by atoms with Gasteiger partial charge in [-0.2, -0.15) is 0 Å². The molecular formula is C30H40N2O3. The van der Waals surface area contributed by atoms with Gasteiger partial charge in [-0.05, 0) is 62.2 Å². The number of benzene rings is 1. The molecule has 3 N–H and O–H groups in total. The van der Waals surface area contributed by atoms with E-state index in [2.05, 4.69) is 50.5 Å². The van der Waals surface area contributed by atoms with Crippen LogP contribution in [-0.2, 0) is 16.1 Å². The Morgan fingerprint density at radius 3 is 2.49 bits per heavy atom. The molecule has 5 heteroatoms. The van der Waals surface area contributed by atoms with Gasteiger partial charge in [0.25, 0.3) is 0 Å². The van der Waals surface area contributed by atoms with Gasteiger partial charge in [-0.15, -0.1) is 0 Å². The van der Waals surface area contributed by atoms with Gasteiger partial charge in [0.2, 0.25) is 11.8 Å². The summed E-state index contributed by atoms with van der Waals surface area (Å²) in [6, 6.07) is 8.45. The second-order valence-electron chi connectivity index (χ2n) is 9.87. The minimum absolute atomic E-state index is 0.215. The molecule has 0 unspecified atom stereocenters. The lowest BCUT2D eigenvalue weighted by Crippen LogP contribution is -2.48. The van der Waals surface area contributed by atoms with Gasteiger partial charge in [0.15, 0.2) is 0 Å². The number of amides is 2. The highest BCUT2D eigenvalue weighted by Crippen LogP contribution is 2.40. The molecule has 0 spiro atoms. The van der Waals surface area contributed by atoms with Crippen LogP contribution in [0.2, 0.25) is 0 Å². The van der Waals surface area contributed by atoms with E-state index in [1.54, 1.807) is 0 Å². The smallest absolute Gasteiger partial charge is 0.245 e. The third kappa shape index (κ3) is 9.53. The van der Waals surface area contributed by atoms with E-state index >= 15 is 0 Å². The standard InChI is InChI=1S/C30H40N2O3/c1-22(16-17-26-24(3)13-10-18-30(26,4)5)11-9-12-23(2)19-28(34)32-27(21-33)29(35)31-20-25-14-7-6-8-15-25/h6-9,11-12,14-17,19,27,33H,10,13,18,20-21H2,1-5H3,(H,31,35)(H,32,34)/t27-/m0/s1. The highest BCUT2D eigenvalue weighted by atomic mass is 16.3. The van der Waals surface area contributed by atoms with Gasteiger partial charge < -0.3 is 15.7 Å². The molecular weight excluding hydrogens is 436 g/mol. The van der Waals surface area contributed by atoms with Crippen molar-refractivity contribution in [3.63, 3.8) is 0 Å². The van der Waals surface area contributed by atoms with E-state index in [1.165, 1.54) is 36.5 Å². The molecule has 0 heterocycles. The number of allylic oxidation sites excluding steroid dienone is 9. The predicted octanol–water partition coefficient (Wildman–Crippen LogP) is 5.31. The molecule has 0 radical (unpaired) electrons. The number of rotatable bonds is 10. The van der Waals surface area contributed by atoms with Crippen LogP contribution < -0.4 is 10.6 Å². The van der Waals surface area contributed by atoms with E-state index in [0.717, 1.165) is 16.7 Å². The van der Waals surface area contributed by atoms with Crippen LogP contribution in [0.4, 0.5) is 0 Å². The SMILES string of the molecule is CC(C=CC1=C(C)CCCC1(C)C)=CC=CC(C)=CC(=O)N[C@@H](CO)C(=O)NCc1ccccc1. The minimum atomic E-state index is -1.01. The Morgan fingerprint density at radius 1 is 1.11 bits per heavy atom. The van der Waals surface area contributed by atoms with E-state index in [4.69, 9.17) is 0 Å². The number of hydrogen-bond donors (Lipinski definition) is 3. The average molecular weight is 477 g/mol. The van der Waals surface area contributed by atoms with Crippen molar-refractivity contribution in [3.05, 3.63) is 94.6 Å². The molecule has 1 aromatic rings. The summed E-state index contributed by atoms with van der Waals surface area (Å²) in [5.41, 5.74) is 5.92. The predicted molar refractivity (Wildman–Crippen MR) is 143 cm³/mol. The van der Waals surface area contributed by atoms with Crippen molar-refractivity contribution in [2.45, 2.75) is 66.5 Å².